The number of carbonyl (C=O) groups is 2. The van der Waals surface area contributed by atoms with Crippen LogP contribution in [0, 0.1) is 0 Å². The second-order valence-corrected chi connectivity index (χ2v) is 6.78. The molecule has 3 aliphatic rings. The van der Waals surface area contributed by atoms with Gasteiger partial charge in [0, 0.05) is 31.5 Å². The average Bonchev–Trinajstić information content (AvgIpc) is 2.98. The zero-order valence-electron chi connectivity index (χ0n) is 13.1. The number of rotatable bonds is 4. The van der Waals surface area contributed by atoms with E-state index in [9.17, 15) is 9.59 Å². The van der Waals surface area contributed by atoms with Crippen LogP contribution in [0.5, 0.6) is 0 Å². The SMILES string of the molecule is O=C(NC1CC(=O)N(C2CC2c2ccccc2)C1)C1CCCO1. The van der Waals surface area contributed by atoms with Crippen LogP contribution >= 0.6 is 0 Å². The Hall–Kier alpha value is -1.88. The summed E-state index contributed by atoms with van der Waals surface area (Å²) in [5.41, 5.74) is 1.30. The highest BCUT2D eigenvalue weighted by Gasteiger charge is 2.48. The minimum Gasteiger partial charge on any atom is -0.368 e. The molecular formula is C18H22N2O3. The highest BCUT2D eigenvalue weighted by atomic mass is 16.5. The van der Waals surface area contributed by atoms with Gasteiger partial charge in [-0.2, -0.15) is 0 Å². The lowest BCUT2D eigenvalue weighted by molar-refractivity contribution is -0.130. The van der Waals surface area contributed by atoms with Gasteiger partial charge in [0.2, 0.25) is 11.8 Å². The summed E-state index contributed by atoms with van der Waals surface area (Å²) in [5, 5.41) is 2.99. The molecule has 1 aromatic carbocycles. The lowest BCUT2D eigenvalue weighted by Crippen LogP contribution is -2.42. The Kier molecular flexibility index (Phi) is 3.81. The maximum atomic E-state index is 12.3. The second kappa shape index (κ2) is 5.96. The molecule has 0 bridgehead atoms. The number of nitrogens with zero attached hydrogens (tertiary/aromatic N) is 1. The van der Waals surface area contributed by atoms with E-state index in [0.717, 1.165) is 19.3 Å². The third-order valence-electron chi connectivity index (χ3n) is 5.11. The fourth-order valence-electron chi connectivity index (χ4n) is 3.81. The lowest BCUT2D eigenvalue weighted by atomic mass is 10.1. The van der Waals surface area contributed by atoms with E-state index in [2.05, 4.69) is 17.4 Å². The third-order valence-corrected chi connectivity index (χ3v) is 5.11. The molecule has 23 heavy (non-hydrogen) atoms. The first kappa shape index (κ1) is 14.7. The maximum Gasteiger partial charge on any atom is 0.249 e. The molecule has 0 spiro atoms. The van der Waals surface area contributed by atoms with Gasteiger partial charge in [0.05, 0.1) is 6.04 Å². The first-order valence-electron chi connectivity index (χ1n) is 8.49. The van der Waals surface area contributed by atoms with Crippen molar-refractivity contribution < 1.29 is 14.3 Å². The summed E-state index contributed by atoms with van der Waals surface area (Å²) in [6, 6.07) is 10.6. The van der Waals surface area contributed by atoms with Crippen LogP contribution in [-0.2, 0) is 14.3 Å². The molecule has 2 amide bonds. The molecule has 0 radical (unpaired) electrons. The Morgan fingerprint density at radius 1 is 1.26 bits per heavy atom. The van der Waals surface area contributed by atoms with E-state index in [1.165, 1.54) is 5.56 Å². The van der Waals surface area contributed by atoms with Crippen LogP contribution < -0.4 is 5.32 Å². The molecule has 1 saturated carbocycles. The predicted octanol–water partition coefficient (Wildman–Crippen LogP) is 1.44. The van der Waals surface area contributed by atoms with Crippen LogP contribution in [0.15, 0.2) is 30.3 Å². The Morgan fingerprint density at radius 2 is 2.09 bits per heavy atom. The van der Waals surface area contributed by atoms with Crippen molar-refractivity contribution >= 4 is 11.8 Å². The van der Waals surface area contributed by atoms with Crippen molar-refractivity contribution in [2.24, 2.45) is 0 Å². The molecule has 1 aliphatic carbocycles. The molecular weight excluding hydrogens is 292 g/mol. The quantitative estimate of drug-likeness (QED) is 0.915. The van der Waals surface area contributed by atoms with Gasteiger partial charge >= 0.3 is 0 Å². The van der Waals surface area contributed by atoms with E-state index in [4.69, 9.17) is 4.74 Å². The zero-order chi connectivity index (χ0) is 15.8. The van der Waals surface area contributed by atoms with E-state index in [0.29, 0.717) is 31.5 Å². The largest absolute Gasteiger partial charge is 0.368 e. The molecule has 5 nitrogen and oxygen atoms in total. The van der Waals surface area contributed by atoms with E-state index in [1.807, 2.05) is 23.1 Å². The van der Waals surface area contributed by atoms with Gasteiger partial charge in [-0.15, -0.1) is 0 Å². The molecule has 1 aromatic rings. The molecule has 4 atom stereocenters. The van der Waals surface area contributed by atoms with Gasteiger partial charge in [-0.25, -0.2) is 0 Å². The van der Waals surface area contributed by atoms with Crippen LogP contribution in [0.1, 0.15) is 37.2 Å². The summed E-state index contributed by atoms with van der Waals surface area (Å²) in [6.45, 7) is 1.29. The molecule has 4 rings (SSSR count). The summed E-state index contributed by atoms with van der Waals surface area (Å²) in [6.07, 6.45) is 2.85. The minimum absolute atomic E-state index is 0.0578. The first-order chi connectivity index (χ1) is 11.2. The van der Waals surface area contributed by atoms with Crippen LogP contribution in [0.25, 0.3) is 0 Å². The molecule has 3 fully saturated rings. The fourth-order valence-corrected chi connectivity index (χ4v) is 3.81. The summed E-state index contributed by atoms with van der Waals surface area (Å²) < 4.78 is 5.40. The summed E-state index contributed by atoms with van der Waals surface area (Å²) in [7, 11) is 0. The number of benzene rings is 1. The first-order valence-corrected chi connectivity index (χ1v) is 8.49. The highest BCUT2D eigenvalue weighted by Crippen LogP contribution is 2.45. The number of likely N-dealkylation sites (tertiary alicyclic amines) is 1. The summed E-state index contributed by atoms with van der Waals surface area (Å²) in [5.74, 6) is 0.552. The second-order valence-electron chi connectivity index (χ2n) is 6.78. The van der Waals surface area contributed by atoms with Crippen molar-refractivity contribution in [2.45, 2.75) is 49.8 Å². The molecule has 4 unspecified atom stereocenters. The van der Waals surface area contributed by atoms with Crippen molar-refractivity contribution in [3.05, 3.63) is 35.9 Å². The topological polar surface area (TPSA) is 58.6 Å². The number of hydrogen-bond acceptors (Lipinski definition) is 3. The normalized spacial score (nSPS) is 33.0. The molecule has 1 N–H and O–H groups in total. The van der Waals surface area contributed by atoms with E-state index < -0.39 is 0 Å². The molecule has 2 saturated heterocycles. The van der Waals surface area contributed by atoms with Gasteiger partial charge in [0.15, 0.2) is 0 Å². The fraction of sp³-hybridized carbons (Fsp3) is 0.556. The van der Waals surface area contributed by atoms with Gasteiger partial charge in [-0.05, 0) is 24.8 Å². The van der Waals surface area contributed by atoms with Crippen molar-refractivity contribution in [1.29, 1.82) is 0 Å². The van der Waals surface area contributed by atoms with Crippen molar-refractivity contribution in [3.8, 4) is 0 Å². The zero-order valence-corrected chi connectivity index (χ0v) is 13.1. The Morgan fingerprint density at radius 3 is 2.83 bits per heavy atom. The number of carbonyl (C=O) groups excluding carboxylic acids is 2. The van der Waals surface area contributed by atoms with Gasteiger partial charge in [-0.1, -0.05) is 30.3 Å². The Balaban J connectivity index is 1.33. The van der Waals surface area contributed by atoms with E-state index in [1.54, 1.807) is 0 Å². The molecule has 5 heteroatoms. The van der Waals surface area contributed by atoms with Gasteiger partial charge in [0.25, 0.3) is 0 Å². The molecule has 0 aromatic heterocycles. The van der Waals surface area contributed by atoms with Crippen molar-refractivity contribution in [1.82, 2.24) is 10.2 Å². The summed E-state index contributed by atoms with van der Waals surface area (Å²) >= 11 is 0. The number of nitrogens with one attached hydrogen (secondary N) is 1. The van der Waals surface area contributed by atoms with Gasteiger partial charge < -0.3 is 15.0 Å². The lowest BCUT2D eigenvalue weighted by Gasteiger charge is -2.18. The third kappa shape index (κ3) is 2.98. The highest BCUT2D eigenvalue weighted by molar-refractivity contribution is 5.84. The Labute approximate surface area is 136 Å². The van der Waals surface area contributed by atoms with Crippen molar-refractivity contribution in [3.63, 3.8) is 0 Å². The molecule has 122 valence electrons. The number of hydrogen-bond donors (Lipinski definition) is 1. The molecule has 2 heterocycles. The van der Waals surface area contributed by atoms with Gasteiger partial charge in [0.1, 0.15) is 6.10 Å². The molecule has 2 aliphatic heterocycles. The standard InChI is InChI=1S/C18H22N2O3/c21-17-9-13(19-18(22)16-7-4-8-23-16)11-20(17)15-10-14(15)12-5-2-1-3-6-12/h1-3,5-6,13-16H,4,7-11H2,(H,19,22). The average molecular weight is 314 g/mol. The monoisotopic (exact) mass is 314 g/mol. The Bertz CT molecular complexity index is 598. The van der Waals surface area contributed by atoms with Crippen LogP contribution in [0.4, 0.5) is 0 Å². The smallest absolute Gasteiger partial charge is 0.249 e. The maximum absolute atomic E-state index is 12.3. The number of amides is 2. The van der Waals surface area contributed by atoms with E-state index >= 15 is 0 Å². The summed E-state index contributed by atoms with van der Waals surface area (Å²) in [4.78, 5) is 26.4. The number of ether oxygens (including phenoxy) is 1. The van der Waals surface area contributed by atoms with Crippen LogP contribution in [0.3, 0.4) is 0 Å². The van der Waals surface area contributed by atoms with Crippen LogP contribution in [-0.4, -0.2) is 48.1 Å². The van der Waals surface area contributed by atoms with E-state index in [-0.39, 0.29) is 24.0 Å². The minimum atomic E-state index is -0.322. The predicted molar refractivity (Wildman–Crippen MR) is 84.8 cm³/mol. The van der Waals surface area contributed by atoms with Crippen LogP contribution in [0.2, 0.25) is 0 Å². The van der Waals surface area contributed by atoms with Gasteiger partial charge in [-0.3, -0.25) is 9.59 Å². The van der Waals surface area contributed by atoms with Crippen molar-refractivity contribution in [2.75, 3.05) is 13.2 Å².